The van der Waals surface area contributed by atoms with Crippen molar-refractivity contribution < 1.29 is 0 Å². The van der Waals surface area contributed by atoms with Gasteiger partial charge in [0.1, 0.15) is 0 Å². The van der Waals surface area contributed by atoms with E-state index in [2.05, 4.69) is 43.2 Å². The smallest absolute Gasteiger partial charge is 0.326 e. The molecule has 2 aromatic carbocycles. The molecule has 0 atom stereocenters. The van der Waals surface area contributed by atoms with Crippen LogP contribution in [0.15, 0.2) is 53.3 Å². The van der Waals surface area contributed by atoms with Gasteiger partial charge in [-0.25, -0.2) is 4.79 Å². The molecule has 3 heterocycles. The van der Waals surface area contributed by atoms with Gasteiger partial charge in [-0.1, -0.05) is 36.4 Å². The summed E-state index contributed by atoms with van der Waals surface area (Å²) in [5.41, 5.74) is 2.79. The maximum atomic E-state index is 12.3. The maximum Gasteiger partial charge on any atom is 0.326 e. The Morgan fingerprint density at radius 1 is 0.897 bits per heavy atom. The Kier molecular flexibility index (Phi) is 4.52. The number of fused-ring (bicyclic) bond motifs is 2. The summed E-state index contributed by atoms with van der Waals surface area (Å²) in [6, 6.07) is 16.2. The number of benzene rings is 2. The number of para-hydroxylation sites is 2. The molecular weight excluding hydrogens is 364 g/mol. The molecule has 0 spiro atoms. The molecule has 5 rings (SSSR count). The lowest BCUT2D eigenvalue weighted by Crippen LogP contribution is -2.48. The van der Waals surface area contributed by atoms with Gasteiger partial charge >= 0.3 is 5.69 Å². The Bertz CT molecular complexity index is 1220. The summed E-state index contributed by atoms with van der Waals surface area (Å²) in [7, 11) is 0. The molecule has 29 heavy (non-hydrogen) atoms. The largest absolute Gasteiger partial charge is 0.352 e. The SMILES string of the molecule is Cc1nnc(N2CCN(CCn3c(=O)[nH]c4ccccc43)CC2)c2ccccc12. The van der Waals surface area contributed by atoms with E-state index in [1.807, 2.05) is 41.8 Å². The molecule has 4 aromatic rings. The van der Waals surface area contributed by atoms with Crippen LogP contribution in [-0.4, -0.2) is 57.4 Å². The first-order valence-corrected chi connectivity index (χ1v) is 10.1. The molecule has 0 radical (unpaired) electrons. The summed E-state index contributed by atoms with van der Waals surface area (Å²) >= 11 is 0. The highest BCUT2D eigenvalue weighted by Crippen LogP contribution is 2.26. The second-order valence-corrected chi connectivity index (χ2v) is 7.58. The van der Waals surface area contributed by atoms with E-state index in [9.17, 15) is 4.79 Å². The molecule has 0 amide bonds. The van der Waals surface area contributed by atoms with E-state index in [0.29, 0.717) is 6.54 Å². The van der Waals surface area contributed by atoms with Crippen molar-refractivity contribution in [2.75, 3.05) is 37.6 Å². The van der Waals surface area contributed by atoms with Crippen LogP contribution >= 0.6 is 0 Å². The zero-order valence-electron chi connectivity index (χ0n) is 16.5. The number of nitrogens with zero attached hydrogens (tertiary/aromatic N) is 5. The normalized spacial score (nSPS) is 15.4. The lowest BCUT2D eigenvalue weighted by atomic mass is 10.1. The van der Waals surface area contributed by atoms with Crippen molar-refractivity contribution in [3.63, 3.8) is 0 Å². The molecule has 7 nitrogen and oxygen atoms in total. The number of aromatic amines is 1. The first-order chi connectivity index (χ1) is 14.2. The molecule has 1 saturated heterocycles. The Hall–Kier alpha value is -3.19. The number of anilines is 1. The average molecular weight is 388 g/mol. The minimum atomic E-state index is -0.0359. The number of hydrogen-bond acceptors (Lipinski definition) is 5. The highest BCUT2D eigenvalue weighted by molar-refractivity contribution is 5.93. The number of rotatable bonds is 4. The summed E-state index contributed by atoms with van der Waals surface area (Å²) in [5, 5.41) is 11.2. The minimum absolute atomic E-state index is 0.0359. The molecule has 7 heteroatoms. The Balaban J connectivity index is 1.27. The van der Waals surface area contributed by atoms with Crippen molar-refractivity contribution in [2.24, 2.45) is 0 Å². The van der Waals surface area contributed by atoms with Crippen molar-refractivity contribution >= 4 is 27.6 Å². The van der Waals surface area contributed by atoms with Gasteiger partial charge in [0.05, 0.1) is 16.7 Å². The second kappa shape index (κ2) is 7.33. The highest BCUT2D eigenvalue weighted by atomic mass is 16.1. The van der Waals surface area contributed by atoms with Crippen LogP contribution in [0, 0.1) is 6.92 Å². The van der Waals surface area contributed by atoms with Gasteiger partial charge in [0.2, 0.25) is 0 Å². The molecule has 148 valence electrons. The molecule has 2 aromatic heterocycles. The Labute approximate surface area is 168 Å². The quantitative estimate of drug-likeness (QED) is 0.581. The molecule has 1 fully saturated rings. The molecule has 0 unspecified atom stereocenters. The summed E-state index contributed by atoms with van der Waals surface area (Å²) in [6.07, 6.45) is 0. The fourth-order valence-corrected chi connectivity index (χ4v) is 4.21. The monoisotopic (exact) mass is 388 g/mol. The van der Waals surface area contributed by atoms with E-state index in [0.717, 1.165) is 55.3 Å². The summed E-state index contributed by atoms with van der Waals surface area (Å²) in [4.78, 5) is 19.9. The fraction of sp³-hybridized carbons (Fsp3) is 0.318. The third kappa shape index (κ3) is 3.27. The van der Waals surface area contributed by atoms with Gasteiger partial charge in [0.15, 0.2) is 5.82 Å². The van der Waals surface area contributed by atoms with Crippen molar-refractivity contribution in [3.05, 3.63) is 64.7 Å². The molecule has 1 aliphatic heterocycles. The van der Waals surface area contributed by atoms with Crippen LogP contribution in [0.25, 0.3) is 21.8 Å². The van der Waals surface area contributed by atoms with Gasteiger partial charge in [-0.15, -0.1) is 5.10 Å². The maximum absolute atomic E-state index is 12.3. The highest BCUT2D eigenvalue weighted by Gasteiger charge is 2.21. The van der Waals surface area contributed by atoms with Gasteiger partial charge < -0.3 is 9.88 Å². The summed E-state index contributed by atoms with van der Waals surface area (Å²) in [5.74, 6) is 0.971. The fourth-order valence-electron chi connectivity index (χ4n) is 4.21. The molecule has 0 bridgehead atoms. The number of nitrogens with one attached hydrogen (secondary N) is 1. The number of H-pyrrole nitrogens is 1. The average Bonchev–Trinajstić information content (AvgIpc) is 3.08. The number of imidazole rings is 1. The van der Waals surface area contributed by atoms with Gasteiger partial charge in [-0.3, -0.25) is 9.47 Å². The number of piperazine rings is 1. The van der Waals surface area contributed by atoms with Crippen LogP contribution in [0.2, 0.25) is 0 Å². The second-order valence-electron chi connectivity index (χ2n) is 7.58. The third-order valence-electron chi connectivity index (χ3n) is 5.85. The zero-order chi connectivity index (χ0) is 19.8. The minimum Gasteiger partial charge on any atom is -0.352 e. The molecule has 0 aliphatic carbocycles. The Morgan fingerprint density at radius 2 is 1.62 bits per heavy atom. The van der Waals surface area contributed by atoms with Gasteiger partial charge in [0, 0.05) is 50.0 Å². The van der Waals surface area contributed by atoms with Crippen LogP contribution in [-0.2, 0) is 6.54 Å². The predicted molar refractivity (Wildman–Crippen MR) is 115 cm³/mol. The van der Waals surface area contributed by atoms with Crippen LogP contribution in [0.1, 0.15) is 5.69 Å². The van der Waals surface area contributed by atoms with E-state index >= 15 is 0 Å². The zero-order valence-corrected chi connectivity index (χ0v) is 16.5. The van der Waals surface area contributed by atoms with Crippen molar-refractivity contribution in [2.45, 2.75) is 13.5 Å². The van der Waals surface area contributed by atoms with E-state index in [1.165, 1.54) is 10.8 Å². The van der Waals surface area contributed by atoms with Crippen LogP contribution in [0.4, 0.5) is 5.82 Å². The first-order valence-electron chi connectivity index (χ1n) is 10.1. The van der Waals surface area contributed by atoms with Gasteiger partial charge in [-0.05, 0) is 19.1 Å². The first kappa shape index (κ1) is 17.9. The third-order valence-corrected chi connectivity index (χ3v) is 5.85. The van der Waals surface area contributed by atoms with Gasteiger partial charge in [-0.2, -0.15) is 5.10 Å². The van der Waals surface area contributed by atoms with Crippen LogP contribution in [0.3, 0.4) is 0 Å². The number of hydrogen-bond donors (Lipinski definition) is 1. The van der Waals surface area contributed by atoms with E-state index in [4.69, 9.17) is 0 Å². The van der Waals surface area contributed by atoms with E-state index in [-0.39, 0.29) is 5.69 Å². The van der Waals surface area contributed by atoms with Crippen molar-refractivity contribution in [1.82, 2.24) is 24.6 Å². The van der Waals surface area contributed by atoms with Crippen molar-refractivity contribution in [3.8, 4) is 0 Å². The van der Waals surface area contributed by atoms with Crippen molar-refractivity contribution in [1.29, 1.82) is 0 Å². The predicted octanol–water partition coefficient (Wildman–Crippen LogP) is 2.40. The van der Waals surface area contributed by atoms with E-state index in [1.54, 1.807) is 0 Å². The number of aryl methyl sites for hydroxylation is 1. The van der Waals surface area contributed by atoms with Crippen LogP contribution in [0.5, 0.6) is 0 Å². The van der Waals surface area contributed by atoms with Crippen LogP contribution < -0.4 is 10.6 Å². The molecule has 1 aliphatic rings. The summed E-state index contributed by atoms with van der Waals surface area (Å²) < 4.78 is 1.83. The lowest BCUT2D eigenvalue weighted by molar-refractivity contribution is 0.248. The molecular formula is C22H24N6O. The van der Waals surface area contributed by atoms with Gasteiger partial charge in [0.25, 0.3) is 0 Å². The molecule has 0 saturated carbocycles. The lowest BCUT2D eigenvalue weighted by Gasteiger charge is -2.35. The standard InChI is InChI=1S/C22H24N6O/c1-16-17-6-2-3-7-18(17)21(25-24-16)27-13-10-26(11-14-27)12-15-28-20-9-5-4-8-19(20)23-22(28)29/h2-9H,10-15H2,1H3,(H,23,29). The number of aromatic nitrogens is 4. The topological polar surface area (TPSA) is 70.1 Å². The summed E-state index contributed by atoms with van der Waals surface area (Å²) in [6.45, 7) is 7.26. The molecule has 1 N–H and O–H groups in total. The Morgan fingerprint density at radius 3 is 2.45 bits per heavy atom. The van der Waals surface area contributed by atoms with E-state index < -0.39 is 0 Å².